The van der Waals surface area contributed by atoms with Crippen LogP contribution in [-0.4, -0.2) is 37.6 Å². The van der Waals surface area contributed by atoms with Crippen molar-refractivity contribution >= 4 is 5.90 Å². The maximum Gasteiger partial charge on any atom is 0.236 e. The van der Waals surface area contributed by atoms with Crippen molar-refractivity contribution in [3.63, 3.8) is 0 Å². The molecule has 0 atom stereocenters. The lowest BCUT2D eigenvalue weighted by Gasteiger charge is -2.10. The van der Waals surface area contributed by atoms with E-state index in [0.29, 0.717) is 18.3 Å². The smallest absolute Gasteiger partial charge is 0.236 e. The highest BCUT2D eigenvalue weighted by Crippen LogP contribution is 2.25. The van der Waals surface area contributed by atoms with Crippen LogP contribution in [0.1, 0.15) is 19.5 Å². The molecule has 0 aliphatic carbocycles. The molecular weight excluding hydrogens is 218 g/mol. The summed E-state index contributed by atoms with van der Waals surface area (Å²) in [5, 5.41) is 0. The molecule has 0 bridgehead atoms. The molecule has 0 saturated carbocycles. The van der Waals surface area contributed by atoms with Crippen molar-refractivity contribution in [1.29, 1.82) is 0 Å². The molecule has 0 amide bonds. The van der Waals surface area contributed by atoms with Gasteiger partial charge in [-0.1, -0.05) is 0 Å². The minimum atomic E-state index is -0.183. The van der Waals surface area contributed by atoms with E-state index in [-0.39, 0.29) is 5.54 Å². The van der Waals surface area contributed by atoms with Crippen LogP contribution in [0.25, 0.3) is 11.5 Å². The Morgan fingerprint density at radius 1 is 1.29 bits per heavy atom. The van der Waals surface area contributed by atoms with Gasteiger partial charge in [-0.25, -0.2) is 19.9 Å². The molecule has 0 spiro atoms. The van der Waals surface area contributed by atoms with Gasteiger partial charge in [-0.3, -0.25) is 0 Å². The van der Waals surface area contributed by atoms with Gasteiger partial charge in [0.05, 0.1) is 11.9 Å². The van der Waals surface area contributed by atoms with Crippen molar-refractivity contribution in [2.45, 2.75) is 19.4 Å². The molecule has 88 valence electrons. The van der Waals surface area contributed by atoms with E-state index in [0.717, 1.165) is 11.4 Å². The van der Waals surface area contributed by atoms with Gasteiger partial charge < -0.3 is 9.30 Å². The molecule has 3 rings (SSSR count). The predicted octanol–water partition coefficient (Wildman–Crippen LogP) is 0.870. The number of fused-ring (bicyclic) bond motifs is 1. The highest BCUT2D eigenvalue weighted by atomic mass is 16.5. The fourth-order valence-electron chi connectivity index (χ4n) is 1.85. The summed E-state index contributed by atoms with van der Waals surface area (Å²) >= 11 is 0. The molecule has 0 radical (unpaired) electrons. The van der Waals surface area contributed by atoms with Crippen LogP contribution in [0.15, 0.2) is 17.6 Å². The molecule has 17 heavy (non-hydrogen) atoms. The topological polar surface area (TPSA) is 65.2 Å². The Balaban J connectivity index is 2.19. The highest BCUT2D eigenvalue weighted by Gasteiger charge is 2.31. The zero-order valence-corrected chi connectivity index (χ0v) is 10.0. The first-order valence-electron chi connectivity index (χ1n) is 5.42. The average Bonchev–Trinajstić information content (AvgIpc) is 2.84. The normalized spacial score (nSPS) is 18.2. The Kier molecular flexibility index (Phi) is 1.95. The van der Waals surface area contributed by atoms with Crippen LogP contribution >= 0.6 is 0 Å². The minimum absolute atomic E-state index is 0.183. The number of imidazole rings is 1. The zero-order valence-electron chi connectivity index (χ0n) is 10.0. The number of aromatic nitrogens is 4. The second-order valence-corrected chi connectivity index (χ2v) is 4.77. The van der Waals surface area contributed by atoms with Crippen LogP contribution in [0.4, 0.5) is 0 Å². The lowest BCUT2D eigenvalue weighted by atomic mass is 10.1. The highest BCUT2D eigenvalue weighted by molar-refractivity contribution is 5.98. The van der Waals surface area contributed by atoms with E-state index in [1.54, 1.807) is 6.33 Å². The van der Waals surface area contributed by atoms with E-state index >= 15 is 0 Å². The molecule has 0 fully saturated rings. The van der Waals surface area contributed by atoms with Crippen LogP contribution in [-0.2, 0) is 11.8 Å². The number of aliphatic imine (C=N–C) groups is 1. The van der Waals surface area contributed by atoms with Crippen LogP contribution in [0, 0.1) is 0 Å². The first kappa shape index (κ1) is 10.2. The molecule has 0 aromatic carbocycles. The van der Waals surface area contributed by atoms with Crippen molar-refractivity contribution < 1.29 is 4.74 Å². The van der Waals surface area contributed by atoms with Gasteiger partial charge >= 0.3 is 0 Å². The van der Waals surface area contributed by atoms with E-state index < -0.39 is 0 Å². The predicted molar refractivity (Wildman–Crippen MR) is 62.0 cm³/mol. The van der Waals surface area contributed by atoms with Gasteiger partial charge in [0.2, 0.25) is 5.90 Å². The van der Waals surface area contributed by atoms with E-state index in [2.05, 4.69) is 19.9 Å². The van der Waals surface area contributed by atoms with Gasteiger partial charge in [0.15, 0.2) is 5.82 Å². The van der Waals surface area contributed by atoms with Gasteiger partial charge in [0, 0.05) is 7.05 Å². The van der Waals surface area contributed by atoms with E-state index in [9.17, 15) is 0 Å². The Morgan fingerprint density at radius 3 is 2.82 bits per heavy atom. The number of rotatable bonds is 1. The second kappa shape index (κ2) is 3.26. The summed E-state index contributed by atoms with van der Waals surface area (Å²) in [5.41, 5.74) is 1.38. The third kappa shape index (κ3) is 1.56. The van der Waals surface area contributed by atoms with E-state index in [1.807, 2.05) is 25.5 Å². The third-order valence-corrected chi connectivity index (χ3v) is 2.68. The van der Waals surface area contributed by atoms with E-state index in [1.165, 1.54) is 6.33 Å². The Hall–Kier alpha value is -1.98. The summed E-state index contributed by atoms with van der Waals surface area (Å²) in [7, 11) is 1.90. The van der Waals surface area contributed by atoms with Crippen molar-refractivity contribution in [2.75, 3.05) is 6.61 Å². The molecule has 3 aliphatic rings. The third-order valence-electron chi connectivity index (χ3n) is 2.68. The van der Waals surface area contributed by atoms with Crippen LogP contribution < -0.4 is 0 Å². The summed E-state index contributed by atoms with van der Waals surface area (Å²) in [6.07, 6.45) is 3.20. The van der Waals surface area contributed by atoms with Crippen molar-refractivity contribution in [3.8, 4) is 11.5 Å². The second-order valence-electron chi connectivity index (χ2n) is 4.77. The van der Waals surface area contributed by atoms with Gasteiger partial charge in [0.1, 0.15) is 24.3 Å². The first-order valence-corrected chi connectivity index (χ1v) is 5.42. The molecule has 0 unspecified atom stereocenters. The van der Waals surface area contributed by atoms with E-state index in [4.69, 9.17) is 4.74 Å². The molecular formula is C11H13N5O. The number of ether oxygens (including phenoxy) is 1. The lowest BCUT2D eigenvalue weighted by Crippen LogP contribution is -2.17. The molecule has 6 heteroatoms. The summed E-state index contributed by atoms with van der Waals surface area (Å²) in [6, 6.07) is 0. The summed E-state index contributed by atoms with van der Waals surface area (Å²) in [6.45, 7) is 4.66. The first-order chi connectivity index (χ1) is 8.07. The molecule has 3 heterocycles. The molecule has 0 N–H and O–H groups in total. The Morgan fingerprint density at radius 2 is 2.12 bits per heavy atom. The largest absolute Gasteiger partial charge is 0.474 e. The van der Waals surface area contributed by atoms with Gasteiger partial charge in [-0.05, 0) is 13.8 Å². The lowest BCUT2D eigenvalue weighted by molar-refractivity contribution is 0.278. The SMILES string of the molecule is Cn1cnc2ncnc-2c1C1=NC(C)(C)CO1. The zero-order chi connectivity index (χ0) is 12.0. The van der Waals surface area contributed by atoms with Crippen LogP contribution in [0.2, 0.25) is 0 Å². The van der Waals surface area contributed by atoms with Crippen molar-refractivity contribution in [1.82, 2.24) is 19.5 Å². The quantitative estimate of drug-likeness (QED) is 0.730. The van der Waals surface area contributed by atoms with Crippen LogP contribution in [0.5, 0.6) is 0 Å². The van der Waals surface area contributed by atoms with Crippen LogP contribution in [0.3, 0.4) is 0 Å². The van der Waals surface area contributed by atoms with Gasteiger partial charge in [-0.2, -0.15) is 0 Å². The summed E-state index contributed by atoms with van der Waals surface area (Å²) < 4.78 is 7.50. The van der Waals surface area contributed by atoms with Gasteiger partial charge in [0.25, 0.3) is 0 Å². The molecule has 3 aliphatic heterocycles. The van der Waals surface area contributed by atoms with Gasteiger partial charge in [-0.15, -0.1) is 0 Å². The molecule has 0 aromatic heterocycles. The Labute approximate surface area is 98.7 Å². The monoisotopic (exact) mass is 231 g/mol. The summed E-state index contributed by atoms with van der Waals surface area (Å²) in [4.78, 5) is 17.0. The number of aryl methyl sites for hydroxylation is 1. The Bertz CT molecular complexity index is 571. The summed E-state index contributed by atoms with van der Waals surface area (Å²) in [5.74, 6) is 1.24. The molecule has 0 saturated heterocycles. The fraction of sp³-hybridized carbons (Fsp3) is 0.455. The average molecular weight is 231 g/mol. The maximum atomic E-state index is 5.65. The van der Waals surface area contributed by atoms with Crippen molar-refractivity contribution in [2.24, 2.45) is 12.0 Å². The standard InChI is InChI=1S/C11H13N5O/c1-11(2)4-17-10(15-11)8-7-9(13-5-12-7)14-6-16(8)3/h5-6H,4H2,1-3H3. The minimum Gasteiger partial charge on any atom is -0.474 e. The maximum absolute atomic E-state index is 5.65. The molecule has 0 aromatic rings. The number of hydrogen-bond acceptors (Lipinski definition) is 5. The molecule has 6 nitrogen and oxygen atoms in total. The number of nitrogens with zero attached hydrogens (tertiary/aromatic N) is 5. The van der Waals surface area contributed by atoms with Crippen molar-refractivity contribution in [3.05, 3.63) is 18.3 Å². The fourth-order valence-corrected chi connectivity index (χ4v) is 1.85. The number of hydrogen-bond donors (Lipinski definition) is 0.